The third kappa shape index (κ3) is 3.71. The van der Waals surface area contributed by atoms with Gasteiger partial charge in [0.1, 0.15) is 32.7 Å². The summed E-state index contributed by atoms with van der Waals surface area (Å²) in [5.74, 6) is -3.99. The van der Waals surface area contributed by atoms with Crippen LogP contribution in [0, 0.1) is 0 Å². The summed E-state index contributed by atoms with van der Waals surface area (Å²) < 4.78 is 47.7. The van der Waals surface area contributed by atoms with Crippen molar-refractivity contribution in [1.82, 2.24) is 10.6 Å². The van der Waals surface area contributed by atoms with E-state index in [9.17, 15) is 46.2 Å². The molecule has 14 heteroatoms. The lowest BCUT2D eigenvalue weighted by Gasteiger charge is -2.25. The van der Waals surface area contributed by atoms with Crippen LogP contribution in [-0.4, -0.2) is 74.8 Å². The Morgan fingerprint density at radius 3 is 1.53 bits per heavy atom. The number of allylic oxidation sites excluding steroid dienone is 4. The number of nitrogens with one attached hydrogen (secondary N) is 2. The van der Waals surface area contributed by atoms with Crippen molar-refractivity contribution in [2.75, 3.05) is 24.6 Å². The number of sulfone groups is 2. The number of phenols is 2. The lowest BCUT2D eigenvalue weighted by Crippen LogP contribution is -2.40. The van der Waals surface area contributed by atoms with E-state index < -0.39 is 52.6 Å². The van der Waals surface area contributed by atoms with E-state index in [2.05, 4.69) is 10.6 Å². The van der Waals surface area contributed by atoms with Crippen LogP contribution in [0.4, 0.5) is 0 Å². The fraction of sp³-hybridized carbons (Fsp3) is 0.167. The van der Waals surface area contributed by atoms with Crippen LogP contribution in [0.1, 0.15) is 41.4 Å². The molecule has 0 atom stereocenters. The lowest BCUT2D eigenvalue weighted by molar-refractivity contribution is 0.0971. The smallest absolute Gasteiger partial charge is 0.214 e. The summed E-state index contributed by atoms with van der Waals surface area (Å²) in [4.78, 5) is 47.8. The van der Waals surface area contributed by atoms with E-state index in [1.807, 2.05) is 0 Å². The van der Waals surface area contributed by atoms with Crippen molar-refractivity contribution in [2.45, 2.75) is 0 Å². The SMILES string of the molecule is O=C1C2=C(C(=O)c3c(O)cccc31)S(=O)(=O)CCN2.O=C1C2=C(NCCS2(=O)=O)C(=O)c2c(O)cccc21. The quantitative estimate of drug-likeness (QED) is 0.338. The van der Waals surface area contributed by atoms with Gasteiger partial charge < -0.3 is 20.8 Å². The number of phenolic OH excluding ortho intramolecular Hbond substituents is 2. The van der Waals surface area contributed by atoms with Crippen molar-refractivity contribution in [2.24, 2.45) is 0 Å². The first-order valence-corrected chi connectivity index (χ1v) is 14.4. The number of hydrogen-bond acceptors (Lipinski definition) is 12. The second-order valence-electron chi connectivity index (χ2n) is 8.62. The highest BCUT2D eigenvalue weighted by Gasteiger charge is 2.43. The molecular weight excluding hydrogens is 540 g/mol. The van der Waals surface area contributed by atoms with Crippen molar-refractivity contribution in [3.8, 4) is 11.5 Å². The minimum atomic E-state index is -3.79. The molecule has 2 aliphatic carbocycles. The molecule has 0 bridgehead atoms. The van der Waals surface area contributed by atoms with Gasteiger partial charge >= 0.3 is 0 Å². The maximum atomic E-state index is 12.2. The maximum Gasteiger partial charge on any atom is 0.214 e. The largest absolute Gasteiger partial charge is 0.507 e. The van der Waals surface area contributed by atoms with E-state index >= 15 is 0 Å². The van der Waals surface area contributed by atoms with Crippen LogP contribution in [0.2, 0.25) is 0 Å². The van der Waals surface area contributed by atoms with Crippen molar-refractivity contribution >= 4 is 42.8 Å². The van der Waals surface area contributed by atoms with Gasteiger partial charge in [0.05, 0.1) is 22.6 Å². The Hall–Kier alpha value is -4.30. The highest BCUT2D eigenvalue weighted by atomic mass is 32.2. The molecule has 0 fully saturated rings. The van der Waals surface area contributed by atoms with E-state index in [1.165, 1.54) is 36.4 Å². The summed E-state index contributed by atoms with van der Waals surface area (Å²) in [6, 6.07) is 8.09. The number of carbonyl (C=O) groups excluding carboxylic acids is 4. The average molecular weight is 559 g/mol. The number of Topliss-reactive ketones (excluding diaryl/α,β-unsaturated/α-hetero) is 4. The normalized spacial score (nSPS) is 20.6. The van der Waals surface area contributed by atoms with Gasteiger partial charge in [-0.25, -0.2) is 16.8 Å². The third-order valence-corrected chi connectivity index (χ3v) is 9.82. The number of fused-ring (bicyclic) bond motifs is 2. The van der Waals surface area contributed by atoms with Crippen molar-refractivity contribution in [3.05, 3.63) is 79.9 Å². The zero-order chi connectivity index (χ0) is 27.6. The average Bonchev–Trinajstić information content (AvgIpc) is 2.84. The Morgan fingerprint density at radius 2 is 1.00 bits per heavy atom. The summed E-state index contributed by atoms with van der Waals surface area (Å²) in [5.41, 5.74) is -0.849. The highest BCUT2D eigenvalue weighted by Crippen LogP contribution is 2.36. The number of rotatable bonds is 0. The first-order valence-electron chi connectivity index (χ1n) is 11.1. The van der Waals surface area contributed by atoms with Crippen LogP contribution in [0.15, 0.2) is 57.6 Å². The van der Waals surface area contributed by atoms with Crippen molar-refractivity contribution in [3.63, 3.8) is 0 Å². The van der Waals surface area contributed by atoms with Crippen LogP contribution in [0.5, 0.6) is 11.5 Å². The van der Waals surface area contributed by atoms with Gasteiger partial charge in [-0.2, -0.15) is 0 Å². The van der Waals surface area contributed by atoms with Gasteiger partial charge in [-0.3, -0.25) is 19.2 Å². The Kier molecular flexibility index (Phi) is 5.76. The predicted octanol–water partition coefficient (Wildman–Crippen LogP) is 0.00160. The van der Waals surface area contributed by atoms with Crippen LogP contribution in [-0.2, 0) is 19.7 Å². The molecular formula is C24H18N2O10S2. The molecule has 6 rings (SSSR count). The van der Waals surface area contributed by atoms with Crippen molar-refractivity contribution in [1.29, 1.82) is 0 Å². The Balaban J connectivity index is 0.000000155. The monoisotopic (exact) mass is 558 g/mol. The molecule has 38 heavy (non-hydrogen) atoms. The number of carbonyl (C=O) groups is 4. The summed E-state index contributed by atoms with van der Waals surface area (Å²) in [6.07, 6.45) is 0. The summed E-state index contributed by atoms with van der Waals surface area (Å²) in [6.45, 7) is 0.164. The molecule has 0 radical (unpaired) electrons. The molecule has 0 spiro atoms. The number of aromatic hydroxyl groups is 2. The van der Waals surface area contributed by atoms with Gasteiger partial charge in [-0.05, 0) is 24.3 Å². The topological polar surface area (TPSA) is 201 Å². The molecule has 2 aromatic carbocycles. The summed E-state index contributed by atoms with van der Waals surface area (Å²) in [7, 11) is -7.55. The summed E-state index contributed by atoms with van der Waals surface area (Å²) in [5, 5.41) is 24.7. The minimum absolute atomic E-state index is 0.0216. The number of hydrogen-bond donors (Lipinski definition) is 4. The van der Waals surface area contributed by atoms with E-state index in [4.69, 9.17) is 0 Å². The standard InChI is InChI=1S/2C12H9NO5S/c14-7-3-1-2-6-8(7)11(16)9-12(10(6)15)19(17,18)5-4-13-9;14-7-3-1-2-6-8(7)11(16)12-9(10(6)15)13-4-5-19(12,17)18/h2*1-3,13-14H,4-5H2. The number of benzene rings is 2. The molecule has 12 nitrogen and oxygen atoms in total. The van der Waals surface area contributed by atoms with E-state index in [0.717, 1.165) is 0 Å². The Morgan fingerprint density at radius 1 is 0.579 bits per heavy atom. The molecule has 4 N–H and O–H groups in total. The molecule has 2 heterocycles. The van der Waals surface area contributed by atoms with Gasteiger partial charge in [0, 0.05) is 24.2 Å². The van der Waals surface area contributed by atoms with Gasteiger partial charge in [0.2, 0.25) is 23.1 Å². The first-order chi connectivity index (χ1) is 17.9. The zero-order valence-corrected chi connectivity index (χ0v) is 20.9. The molecule has 4 aliphatic rings. The Bertz CT molecular complexity index is 1780. The fourth-order valence-corrected chi connectivity index (χ4v) is 7.48. The predicted molar refractivity (Wildman–Crippen MR) is 131 cm³/mol. The van der Waals surface area contributed by atoms with Crippen LogP contribution in [0.3, 0.4) is 0 Å². The number of ketones is 4. The molecule has 0 unspecified atom stereocenters. The molecule has 2 aliphatic heterocycles. The van der Waals surface area contributed by atoms with E-state index in [0.29, 0.717) is 0 Å². The molecule has 0 aromatic heterocycles. The minimum Gasteiger partial charge on any atom is -0.507 e. The molecule has 0 amide bonds. The van der Waals surface area contributed by atoms with E-state index in [1.54, 1.807) is 0 Å². The Labute approximate surface area is 215 Å². The molecule has 196 valence electrons. The van der Waals surface area contributed by atoms with Gasteiger partial charge in [-0.15, -0.1) is 0 Å². The van der Waals surface area contributed by atoms with Crippen LogP contribution >= 0.6 is 0 Å². The van der Waals surface area contributed by atoms with Gasteiger partial charge in [-0.1, -0.05) is 12.1 Å². The lowest BCUT2D eigenvalue weighted by atomic mass is 9.91. The molecule has 0 saturated carbocycles. The fourth-order valence-electron chi connectivity index (χ4n) is 4.60. The van der Waals surface area contributed by atoms with Crippen molar-refractivity contribution < 1.29 is 46.2 Å². The molecule has 0 saturated heterocycles. The second-order valence-corrected chi connectivity index (χ2v) is 12.7. The first kappa shape index (κ1) is 25.4. The zero-order valence-electron chi connectivity index (χ0n) is 19.3. The summed E-state index contributed by atoms with van der Waals surface area (Å²) >= 11 is 0. The van der Waals surface area contributed by atoms with Gasteiger partial charge in [0.25, 0.3) is 0 Å². The van der Waals surface area contributed by atoms with E-state index in [-0.39, 0.29) is 69.7 Å². The second kappa shape index (κ2) is 8.63. The maximum absolute atomic E-state index is 12.2. The molecule has 2 aromatic rings. The third-order valence-electron chi connectivity index (χ3n) is 6.32. The van der Waals surface area contributed by atoms with Crippen LogP contribution in [0.25, 0.3) is 0 Å². The highest BCUT2D eigenvalue weighted by molar-refractivity contribution is 7.96. The van der Waals surface area contributed by atoms with Gasteiger partial charge in [0.15, 0.2) is 19.7 Å². The van der Waals surface area contributed by atoms with Crippen LogP contribution < -0.4 is 10.6 Å².